The number of hydrogen-bond acceptors (Lipinski definition) is 2. The van der Waals surface area contributed by atoms with Crippen LogP contribution in [0.4, 0.5) is 0 Å². The van der Waals surface area contributed by atoms with E-state index in [0.29, 0.717) is 4.75 Å². The number of hydrogen-bond donors (Lipinski definition) is 2. The van der Waals surface area contributed by atoms with Crippen LogP contribution in [0.3, 0.4) is 0 Å². The fourth-order valence-electron chi connectivity index (χ4n) is 1.72. The third-order valence-electron chi connectivity index (χ3n) is 2.56. The van der Waals surface area contributed by atoms with Crippen molar-refractivity contribution in [3.05, 3.63) is 0 Å². The van der Waals surface area contributed by atoms with Crippen LogP contribution in [-0.4, -0.2) is 36.1 Å². The van der Waals surface area contributed by atoms with E-state index >= 15 is 0 Å². The summed E-state index contributed by atoms with van der Waals surface area (Å²) in [4.78, 5) is 4.63. The minimum absolute atomic E-state index is 0.371. The van der Waals surface area contributed by atoms with Gasteiger partial charge in [-0.05, 0) is 39.4 Å². The number of rotatable bonds is 4. The summed E-state index contributed by atoms with van der Waals surface area (Å²) in [5.74, 6) is 2.25. The van der Waals surface area contributed by atoms with Crippen LogP contribution in [0.25, 0.3) is 0 Å². The van der Waals surface area contributed by atoms with Gasteiger partial charge in [0, 0.05) is 17.8 Å². The molecule has 4 heteroatoms. The maximum absolute atomic E-state index is 4.63. The number of nitrogens with one attached hydrogen (secondary N) is 2. The van der Waals surface area contributed by atoms with E-state index in [9.17, 15) is 0 Å². The van der Waals surface area contributed by atoms with Gasteiger partial charge in [0.25, 0.3) is 0 Å². The topological polar surface area (TPSA) is 36.4 Å². The van der Waals surface area contributed by atoms with Crippen LogP contribution in [0, 0.1) is 0 Å². The van der Waals surface area contributed by atoms with E-state index in [1.807, 2.05) is 0 Å². The molecular formula is C11H23N3S. The Morgan fingerprint density at radius 2 is 2.00 bits per heavy atom. The summed E-state index contributed by atoms with van der Waals surface area (Å²) in [7, 11) is 0. The molecule has 0 spiro atoms. The van der Waals surface area contributed by atoms with Crippen molar-refractivity contribution in [1.29, 1.82) is 0 Å². The predicted octanol–water partition coefficient (Wildman–Crippen LogP) is 1.85. The first kappa shape index (κ1) is 12.7. The molecule has 1 unspecified atom stereocenters. The van der Waals surface area contributed by atoms with E-state index < -0.39 is 0 Å². The van der Waals surface area contributed by atoms with Gasteiger partial charge in [-0.1, -0.05) is 0 Å². The van der Waals surface area contributed by atoms with E-state index in [2.05, 4.69) is 48.2 Å². The normalized spacial score (nSPS) is 25.0. The number of thioether (sulfide) groups is 1. The number of nitrogens with zero attached hydrogens (tertiary/aromatic N) is 1. The minimum Gasteiger partial charge on any atom is -0.357 e. The van der Waals surface area contributed by atoms with Crippen LogP contribution < -0.4 is 10.6 Å². The van der Waals surface area contributed by atoms with E-state index in [1.165, 1.54) is 18.6 Å². The molecule has 1 heterocycles. The smallest absolute Gasteiger partial charge is 0.191 e. The van der Waals surface area contributed by atoms with Crippen LogP contribution in [0.5, 0.6) is 0 Å². The summed E-state index contributed by atoms with van der Waals surface area (Å²) >= 11 is 2.06. The van der Waals surface area contributed by atoms with Crippen molar-refractivity contribution in [2.24, 2.45) is 4.99 Å². The first-order chi connectivity index (χ1) is 7.20. The van der Waals surface area contributed by atoms with Crippen molar-refractivity contribution in [1.82, 2.24) is 10.6 Å². The van der Waals surface area contributed by atoms with Crippen molar-refractivity contribution in [3.63, 3.8) is 0 Å². The van der Waals surface area contributed by atoms with Crippen molar-refractivity contribution < 1.29 is 0 Å². The lowest BCUT2D eigenvalue weighted by Gasteiger charge is -2.20. The highest BCUT2D eigenvalue weighted by Gasteiger charge is 2.29. The van der Waals surface area contributed by atoms with Crippen LogP contribution >= 0.6 is 11.8 Å². The molecule has 0 aromatic carbocycles. The first-order valence-corrected chi connectivity index (χ1v) is 6.85. The average Bonchev–Trinajstić information content (AvgIpc) is 2.63. The van der Waals surface area contributed by atoms with Gasteiger partial charge in [0.1, 0.15) is 0 Å². The van der Waals surface area contributed by atoms with E-state index in [1.54, 1.807) is 0 Å². The summed E-state index contributed by atoms with van der Waals surface area (Å²) in [6.45, 7) is 9.29. The summed E-state index contributed by atoms with van der Waals surface area (Å²) in [6, 6.07) is 0. The van der Waals surface area contributed by atoms with Gasteiger partial charge in [0.05, 0.1) is 6.54 Å². The molecule has 0 aromatic heterocycles. The highest BCUT2D eigenvalue weighted by molar-refractivity contribution is 8.00. The molecule has 1 saturated heterocycles. The van der Waals surface area contributed by atoms with Gasteiger partial charge in [-0.2, -0.15) is 11.8 Å². The fourth-order valence-corrected chi connectivity index (χ4v) is 2.94. The molecule has 88 valence electrons. The van der Waals surface area contributed by atoms with Crippen LogP contribution in [0.2, 0.25) is 0 Å². The van der Waals surface area contributed by atoms with Crippen LogP contribution in [0.1, 0.15) is 33.6 Å². The van der Waals surface area contributed by atoms with Gasteiger partial charge < -0.3 is 10.6 Å². The molecule has 15 heavy (non-hydrogen) atoms. The lowest BCUT2D eigenvalue weighted by Crippen LogP contribution is -2.38. The lowest BCUT2D eigenvalue weighted by atomic mass is 10.1. The van der Waals surface area contributed by atoms with E-state index in [-0.39, 0.29) is 0 Å². The Labute approximate surface area is 97.5 Å². The molecule has 0 aromatic rings. The SMILES string of the molecule is CCNC(=NCC1(C)CCCS1)NCC. The van der Waals surface area contributed by atoms with Gasteiger partial charge in [0.15, 0.2) is 5.96 Å². The number of guanidine groups is 1. The minimum atomic E-state index is 0.371. The molecule has 0 radical (unpaired) electrons. The summed E-state index contributed by atoms with van der Waals surface area (Å²) in [5.41, 5.74) is 0. The maximum Gasteiger partial charge on any atom is 0.191 e. The Morgan fingerprint density at radius 1 is 1.33 bits per heavy atom. The third-order valence-corrected chi connectivity index (χ3v) is 4.08. The first-order valence-electron chi connectivity index (χ1n) is 5.86. The van der Waals surface area contributed by atoms with Gasteiger partial charge in [-0.3, -0.25) is 4.99 Å². The standard InChI is InChI=1S/C11H23N3S/c1-4-12-10(13-5-2)14-9-11(3)7-6-8-15-11/h4-9H2,1-3H3,(H2,12,13,14). The van der Waals surface area contributed by atoms with Gasteiger partial charge in [-0.25, -0.2) is 0 Å². The van der Waals surface area contributed by atoms with E-state index in [0.717, 1.165) is 25.6 Å². The average molecular weight is 229 g/mol. The molecule has 0 saturated carbocycles. The van der Waals surface area contributed by atoms with Gasteiger partial charge in [0.2, 0.25) is 0 Å². The quantitative estimate of drug-likeness (QED) is 0.570. The molecule has 0 amide bonds. The second kappa shape index (κ2) is 6.26. The Morgan fingerprint density at radius 3 is 2.47 bits per heavy atom. The summed E-state index contributed by atoms with van der Waals surface area (Å²) in [6.07, 6.45) is 2.64. The van der Waals surface area contributed by atoms with Crippen LogP contribution in [0.15, 0.2) is 4.99 Å². The molecule has 3 nitrogen and oxygen atoms in total. The molecular weight excluding hydrogens is 206 g/mol. The summed E-state index contributed by atoms with van der Waals surface area (Å²) < 4.78 is 0.371. The number of aliphatic imine (C=N–C) groups is 1. The van der Waals surface area contributed by atoms with Gasteiger partial charge >= 0.3 is 0 Å². The zero-order chi connectivity index (χ0) is 11.1. The van der Waals surface area contributed by atoms with Crippen molar-refractivity contribution in [3.8, 4) is 0 Å². The summed E-state index contributed by atoms with van der Waals surface area (Å²) in [5, 5.41) is 6.51. The lowest BCUT2D eigenvalue weighted by molar-refractivity contribution is 0.615. The second-order valence-corrected chi connectivity index (χ2v) is 5.81. The highest BCUT2D eigenvalue weighted by atomic mass is 32.2. The van der Waals surface area contributed by atoms with Crippen molar-refractivity contribution in [2.45, 2.75) is 38.4 Å². The molecule has 1 rings (SSSR count). The monoisotopic (exact) mass is 229 g/mol. The zero-order valence-electron chi connectivity index (χ0n) is 10.1. The molecule has 0 bridgehead atoms. The maximum atomic E-state index is 4.63. The molecule has 2 N–H and O–H groups in total. The fraction of sp³-hybridized carbons (Fsp3) is 0.909. The zero-order valence-corrected chi connectivity index (χ0v) is 10.9. The third kappa shape index (κ3) is 4.33. The molecule has 0 aliphatic carbocycles. The Hall–Kier alpha value is -0.380. The largest absolute Gasteiger partial charge is 0.357 e. The molecule has 1 fully saturated rings. The Kier molecular flexibility index (Phi) is 5.29. The second-order valence-electron chi connectivity index (χ2n) is 4.13. The Balaban J connectivity index is 2.43. The van der Waals surface area contributed by atoms with E-state index in [4.69, 9.17) is 0 Å². The highest BCUT2D eigenvalue weighted by Crippen LogP contribution is 2.37. The molecule has 1 atom stereocenters. The Bertz CT molecular complexity index is 202. The molecule has 1 aliphatic rings. The predicted molar refractivity (Wildman–Crippen MR) is 69.8 cm³/mol. The van der Waals surface area contributed by atoms with Crippen molar-refractivity contribution in [2.75, 3.05) is 25.4 Å². The van der Waals surface area contributed by atoms with Gasteiger partial charge in [-0.15, -0.1) is 0 Å². The van der Waals surface area contributed by atoms with Crippen LogP contribution in [-0.2, 0) is 0 Å². The van der Waals surface area contributed by atoms with Crippen molar-refractivity contribution >= 4 is 17.7 Å². The molecule has 1 aliphatic heterocycles.